The molecule has 0 bridgehead atoms. The van der Waals surface area contributed by atoms with Crippen LogP contribution in [-0.4, -0.2) is 59.4 Å². The highest BCUT2D eigenvalue weighted by atomic mass is 16.5. The normalized spacial score (nSPS) is 14.5. The standard InChI is InChI=1S/C22H27N3O3/c1-16-7-8-17(2)21(18(16)3)28-15-20(26)24-10-5-11-25(13-12-24)22(27)19-6-4-9-23-14-19/h4,6-9,14H,5,10-13,15H2,1-3H3. The number of aryl methyl sites for hydroxylation is 2. The molecule has 0 atom stereocenters. The molecule has 1 fully saturated rings. The summed E-state index contributed by atoms with van der Waals surface area (Å²) >= 11 is 0. The molecule has 2 heterocycles. The molecular weight excluding hydrogens is 354 g/mol. The summed E-state index contributed by atoms with van der Waals surface area (Å²) in [6, 6.07) is 7.59. The van der Waals surface area contributed by atoms with E-state index in [9.17, 15) is 9.59 Å². The van der Waals surface area contributed by atoms with Crippen LogP contribution in [0.25, 0.3) is 0 Å². The smallest absolute Gasteiger partial charge is 0.260 e. The summed E-state index contributed by atoms with van der Waals surface area (Å²) in [6.07, 6.45) is 3.98. The molecule has 0 unspecified atom stereocenters. The van der Waals surface area contributed by atoms with Gasteiger partial charge in [-0.2, -0.15) is 0 Å². The summed E-state index contributed by atoms with van der Waals surface area (Å²) in [5, 5.41) is 0. The molecule has 0 aliphatic carbocycles. The van der Waals surface area contributed by atoms with Gasteiger partial charge in [0, 0.05) is 38.6 Å². The van der Waals surface area contributed by atoms with Crippen LogP contribution in [0.4, 0.5) is 0 Å². The van der Waals surface area contributed by atoms with E-state index in [1.165, 1.54) is 0 Å². The van der Waals surface area contributed by atoms with Gasteiger partial charge in [-0.1, -0.05) is 12.1 Å². The molecule has 1 aromatic carbocycles. The SMILES string of the molecule is Cc1ccc(C)c(OCC(=O)N2CCCN(C(=O)c3cccnc3)CC2)c1C. The molecule has 6 heteroatoms. The molecule has 28 heavy (non-hydrogen) atoms. The second-order valence-electron chi connectivity index (χ2n) is 7.21. The summed E-state index contributed by atoms with van der Waals surface area (Å²) in [5.41, 5.74) is 3.82. The lowest BCUT2D eigenvalue weighted by atomic mass is 10.1. The minimum absolute atomic E-state index is 0.0156. The third kappa shape index (κ3) is 4.50. The number of rotatable bonds is 4. The van der Waals surface area contributed by atoms with Crippen LogP contribution < -0.4 is 4.74 Å². The molecule has 148 valence electrons. The van der Waals surface area contributed by atoms with Crippen LogP contribution in [0.3, 0.4) is 0 Å². The van der Waals surface area contributed by atoms with Gasteiger partial charge in [-0.15, -0.1) is 0 Å². The molecule has 2 aromatic rings. The largest absolute Gasteiger partial charge is 0.483 e. The Balaban J connectivity index is 1.58. The van der Waals surface area contributed by atoms with Crippen molar-refractivity contribution in [2.75, 3.05) is 32.8 Å². The molecule has 6 nitrogen and oxygen atoms in total. The molecule has 3 rings (SSSR count). The van der Waals surface area contributed by atoms with Gasteiger partial charge in [-0.25, -0.2) is 0 Å². The Kier molecular flexibility index (Phi) is 6.29. The second kappa shape index (κ2) is 8.87. The number of pyridine rings is 1. The zero-order chi connectivity index (χ0) is 20.1. The number of benzene rings is 1. The quantitative estimate of drug-likeness (QED) is 0.817. The van der Waals surface area contributed by atoms with Crippen LogP contribution in [0.2, 0.25) is 0 Å². The van der Waals surface area contributed by atoms with Crippen LogP contribution in [-0.2, 0) is 4.79 Å². The summed E-state index contributed by atoms with van der Waals surface area (Å²) in [5.74, 6) is 0.706. The van der Waals surface area contributed by atoms with E-state index in [4.69, 9.17) is 4.74 Å². The van der Waals surface area contributed by atoms with E-state index < -0.39 is 0 Å². The van der Waals surface area contributed by atoms with Crippen molar-refractivity contribution in [2.45, 2.75) is 27.2 Å². The fraction of sp³-hybridized carbons (Fsp3) is 0.409. The fourth-order valence-corrected chi connectivity index (χ4v) is 3.41. The van der Waals surface area contributed by atoms with Gasteiger partial charge in [0.25, 0.3) is 11.8 Å². The van der Waals surface area contributed by atoms with Crippen molar-refractivity contribution in [2.24, 2.45) is 0 Å². The molecule has 1 aliphatic rings. The van der Waals surface area contributed by atoms with Gasteiger partial charge in [-0.05, 0) is 56.0 Å². The Morgan fingerprint density at radius 1 is 1.00 bits per heavy atom. The number of ether oxygens (including phenoxy) is 1. The van der Waals surface area contributed by atoms with Gasteiger partial charge in [0.15, 0.2) is 6.61 Å². The lowest BCUT2D eigenvalue weighted by molar-refractivity contribution is -0.133. The number of hydrogen-bond donors (Lipinski definition) is 0. The van der Waals surface area contributed by atoms with Crippen LogP contribution in [0, 0.1) is 20.8 Å². The third-order valence-electron chi connectivity index (χ3n) is 5.26. The number of carbonyl (C=O) groups is 2. The molecule has 0 saturated carbocycles. The first-order valence-corrected chi connectivity index (χ1v) is 9.64. The van der Waals surface area contributed by atoms with E-state index in [2.05, 4.69) is 11.1 Å². The first-order chi connectivity index (χ1) is 13.5. The zero-order valence-electron chi connectivity index (χ0n) is 16.8. The lowest BCUT2D eigenvalue weighted by Crippen LogP contribution is -2.39. The number of aromatic nitrogens is 1. The zero-order valence-corrected chi connectivity index (χ0v) is 16.8. The predicted molar refractivity (Wildman–Crippen MR) is 107 cm³/mol. The Hall–Kier alpha value is -2.89. The Bertz CT molecular complexity index is 852. The monoisotopic (exact) mass is 381 g/mol. The van der Waals surface area contributed by atoms with Crippen molar-refractivity contribution < 1.29 is 14.3 Å². The van der Waals surface area contributed by atoms with E-state index in [-0.39, 0.29) is 18.4 Å². The van der Waals surface area contributed by atoms with Crippen molar-refractivity contribution in [1.29, 1.82) is 0 Å². The fourth-order valence-electron chi connectivity index (χ4n) is 3.41. The van der Waals surface area contributed by atoms with E-state index >= 15 is 0 Å². The molecular formula is C22H27N3O3. The molecule has 0 radical (unpaired) electrons. The summed E-state index contributed by atoms with van der Waals surface area (Å²) in [6.45, 7) is 8.34. The van der Waals surface area contributed by atoms with Crippen molar-refractivity contribution >= 4 is 11.8 Å². The van der Waals surface area contributed by atoms with E-state index in [0.29, 0.717) is 31.7 Å². The van der Waals surface area contributed by atoms with Crippen LogP contribution in [0.5, 0.6) is 5.75 Å². The highest BCUT2D eigenvalue weighted by molar-refractivity contribution is 5.94. The first kappa shape index (κ1) is 19.9. The molecule has 1 saturated heterocycles. The molecule has 0 N–H and O–H groups in total. The first-order valence-electron chi connectivity index (χ1n) is 9.64. The highest BCUT2D eigenvalue weighted by Gasteiger charge is 2.23. The van der Waals surface area contributed by atoms with Crippen LogP contribution in [0.15, 0.2) is 36.7 Å². The maximum atomic E-state index is 12.7. The summed E-state index contributed by atoms with van der Waals surface area (Å²) in [7, 11) is 0. The third-order valence-corrected chi connectivity index (χ3v) is 5.26. The van der Waals surface area contributed by atoms with E-state index in [0.717, 1.165) is 28.9 Å². The van der Waals surface area contributed by atoms with E-state index in [1.54, 1.807) is 34.3 Å². The molecule has 0 spiro atoms. The van der Waals surface area contributed by atoms with Gasteiger partial charge >= 0.3 is 0 Å². The maximum Gasteiger partial charge on any atom is 0.260 e. The lowest BCUT2D eigenvalue weighted by Gasteiger charge is -2.23. The van der Waals surface area contributed by atoms with Crippen LogP contribution in [0.1, 0.15) is 33.5 Å². The second-order valence-corrected chi connectivity index (χ2v) is 7.21. The summed E-state index contributed by atoms with van der Waals surface area (Å²) in [4.78, 5) is 32.9. The van der Waals surface area contributed by atoms with Gasteiger partial charge in [0.05, 0.1) is 5.56 Å². The van der Waals surface area contributed by atoms with Gasteiger partial charge < -0.3 is 14.5 Å². The topological polar surface area (TPSA) is 62.7 Å². The van der Waals surface area contributed by atoms with Crippen molar-refractivity contribution in [3.05, 3.63) is 58.9 Å². The minimum atomic E-state index is -0.0454. The van der Waals surface area contributed by atoms with Gasteiger partial charge in [0.1, 0.15) is 5.75 Å². The Morgan fingerprint density at radius 2 is 1.71 bits per heavy atom. The molecule has 2 amide bonds. The van der Waals surface area contributed by atoms with Crippen molar-refractivity contribution in [1.82, 2.24) is 14.8 Å². The average Bonchev–Trinajstić information content (AvgIpc) is 2.97. The van der Waals surface area contributed by atoms with Crippen LogP contribution >= 0.6 is 0 Å². The minimum Gasteiger partial charge on any atom is -0.483 e. The number of carbonyl (C=O) groups excluding carboxylic acids is 2. The number of nitrogens with zero attached hydrogens (tertiary/aromatic N) is 3. The molecule has 1 aliphatic heterocycles. The molecule has 1 aromatic heterocycles. The van der Waals surface area contributed by atoms with Crippen molar-refractivity contribution in [3.63, 3.8) is 0 Å². The van der Waals surface area contributed by atoms with E-state index in [1.807, 2.05) is 26.8 Å². The predicted octanol–water partition coefficient (Wildman–Crippen LogP) is 2.76. The number of hydrogen-bond acceptors (Lipinski definition) is 4. The number of amides is 2. The average molecular weight is 381 g/mol. The Labute approximate surface area is 166 Å². The van der Waals surface area contributed by atoms with Gasteiger partial charge in [0.2, 0.25) is 0 Å². The Morgan fingerprint density at radius 3 is 2.46 bits per heavy atom. The summed E-state index contributed by atoms with van der Waals surface area (Å²) < 4.78 is 5.87. The maximum absolute atomic E-state index is 12.7. The van der Waals surface area contributed by atoms with Gasteiger partial charge in [-0.3, -0.25) is 14.6 Å². The van der Waals surface area contributed by atoms with Crippen molar-refractivity contribution in [3.8, 4) is 5.75 Å². The highest BCUT2D eigenvalue weighted by Crippen LogP contribution is 2.25.